The van der Waals surface area contributed by atoms with Crippen molar-refractivity contribution in [2.24, 2.45) is 0 Å². The van der Waals surface area contributed by atoms with Crippen molar-refractivity contribution in [1.29, 1.82) is 0 Å². The van der Waals surface area contributed by atoms with E-state index in [-0.39, 0.29) is 0 Å². The Labute approximate surface area is 73.4 Å². The summed E-state index contributed by atoms with van der Waals surface area (Å²) in [6.07, 6.45) is 7.16. The van der Waals surface area contributed by atoms with E-state index >= 15 is 0 Å². The molecule has 62 valence electrons. The summed E-state index contributed by atoms with van der Waals surface area (Å²) in [4.78, 5) is 0. The SMILES string of the molecule is C#COc1cccc(C(C)C)c1. The Balaban J connectivity index is 2.90. The Morgan fingerprint density at radius 3 is 2.75 bits per heavy atom. The van der Waals surface area contributed by atoms with Gasteiger partial charge in [-0.05, 0) is 23.6 Å². The summed E-state index contributed by atoms with van der Waals surface area (Å²) >= 11 is 0. The Morgan fingerprint density at radius 1 is 1.42 bits per heavy atom. The van der Waals surface area contributed by atoms with Crippen LogP contribution >= 0.6 is 0 Å². The molecular formula is C11H12O. The van der Waals surface area contributed by atoms with Gasteiger partial charge >= 0.3 is 0 Å². The average molecular weight is 160 g/mol. The van der Waals surface area contributed by atoms with Gasteiger partial charge in [-0.1, -0.05) is 32.4 Å². The zero-order valence-corrected chi connectivity index (χ0v) is 7.37. The van der Waals surface area contributed by atoms with Crippen molar-refractivity contribution >= 4 is 0 Å². The predicted molar refractivity (Wildman–Crippen MR) is 50.0 cm³/mol. The lowest BCUT2D eigenvalue weighted by Gasteiger charge is -2.05. The van der Waals surface area contributed by atoms with Crippen molar-refractivity contribution in [3.8, 4) is 18.3 Å². The summed E-state index contributed by atoms with van der Waals surface area (Å²) < 4.78 is 4.92. The maximum atomic E-state index is 5.01. The molecule has 0 aromatic heterocycles. The normalized spacial score (nSPS) is 9.50. The summed E-state index contributed by atoms with van der Waals surface area (Å²) in [5.41, 5.74) is 1.24. The third-order valence-corrected chi connectivity index (χ3v) is 1.70. The van der Waals surface area contributed by atoms with E-state index in [1.807, 2.05) is 18.2 Å². The first kappa shape index (κ1) is 8.67. The van der Waals surface area contributed by atoms with Gasteiger partial charge in [0.1, 0.15) is 11.9 Å². The van der Waals surface area contributed by atoms with Crippen molar-refractivity contribution in [2.75, 3.05) is 0 Å². The smallest absolute Gasteiger partial charge is 0.140 e. The molecule has 1 nitrogen and oxygen atoms in total. The zero-order valence-electron chi connectivity index (χ0n) is 7.37. The first-order valence-electron chi connectivity index (χ1n) is 3.96. The van der Waals surface area contributed by atoms with Crippen molar-refractivity contribution in [2.45, 2.75) is 19.8 Å². The molecule has 0 unspecified atom stereocenters. The van der Waals surface area contributed by atoms with Crippen molar-refractivity contribution in [3.63, 3.8) is 0 Å². The fraction of sp³-hybridized carbons (Fsp3) is 0.273. The molecule has 0 atom stereocenters. The summed E-state index contributed by atoms with van der Waals surface area (Å²) in [5, 5.41) is 0. The van der Waals surface area contributed by atoms with Gasteiger partial charge in [0.05, 0.1) is 0 Å². The lowest BCUT2D eigenvalue weighted by molar-refractivity contribution is 0.519. The van der Waals surface area contributed by atoms with Crippen LogP contribution in [-0.2, 0) is 0 Å². The average Bonchev–Trinajstić information content (AvgIpc) is 2.05. The summed E-state index contributed by atoms with van der Waals surface area (Å²) in [6.45, 7) is 4.27. The Morgan fingerprint density at radius 2 is 2.17 bits per heavy atom. The van der Waals surface area contributed by atoms with Gasteiger partial charge in [-0.3, -0.25) is 0 Å². The third kappa shape index (κ3) is 2.03. The Bertz CT molecular complexity index is 294. The van der Waals surface area contributed by atoms with Crippen LogP contribution in [0.15, 0.2) is 24.3 Å². The largest absolute Gasteiger partial charge is 0.408 e. The summed E-state index contributed by atoms with van der Waals surface area (Å²) in [7, 11) is 0. The van der Waals surface area contributed by atoms with Crippen LogP contribution in [-0.4, -0.2) is 0 Å². The van der Waals surface area contributed by atoms with Gasteiger partial charge in [0.2, 0.25) is 0 Å². The molecule has 12 heavy (non-hydrogen) atoms. The molecule has 0 heterocycles. The maximum Gasteiger partial charge on any atom is 0.140 e. The van der Waals surface area contributed by atoms with Gasteiger partial charge in [-0.25, -0.2) is 0 Å². The molecule has 0 radical (unpaired) electrons. The van der Waals surface area contributed by atoms with Gasteiger partial charge < -0.3 is 4.74 Å². The van der Waals surface area contributed by atoms with Gasteiger partial charge in [0.15, 0.2) is 0 Å². The predicted octanol–water partition coefficient (Wildman–Crippen LogP) is 2.78. The highest BCUT2D eigenvalue weighted by Crippen LogP contribution is 2.19. The van der Waals surface area contributed by atoms with Crippen LogP contribution in [0.25, 0.3) is 0 Å². The molecule has 0 bridgehead atoms. The topological polar surface area (TPSA) is 9.23 Å². The van der Waals surface area contributed by atoms with E-state index < -0.39 is 0 Å². The quantitative estimate of drug-likeness (QED) is 0.604. The van der Waals surface area contributed by atoms with E-state index in [0.717, 1.165) is 5.75 Å². The molecule has 0 saturated carbocycles. The molecule has 0 amide bonds. The second-order valence-corrected chi connectivity index (χ2v) is 2.95. The molecule has 0 spiro atoms. The fourth-order valence-corrected chi connectivity index (χ4v) is 1.01. The van der Waals surface area contributed by atoms with Gasteiger partial charge in [0, 0.05) is 0 Å². The van der Waals surface area contributed by atoms with Gasteiger partial charge in [-0.2, -0.15) is 0 Å². The fourth-order valence-electron chi connectivity index (χ4n) is 1.01. The van der Waals surface area contributed by atoms with Crippen molar-refractivity contribution in [3.05, 3.63) is 29.8 Å². The van der Waals surface area contributed by atoms with E-state index in [9.17, 15) is 0 Å². The molecule has 0 saturated heterocycles. The molecule has 0 fully saturated rings. The van der Waals surface area contributed by atoms with Crippen molar-refractivity contribution < 1.29 is 4.74 Å². The summed E-state index contributed by atoms with van der Waals surface area (Å²) in [6, 6.07) is 7.83. The number of rotatable bonds is 2. The standard InChI is InChI=1S/C11H12O/c1-4-12-11-7-5-6-10(8-11)9(2)3/h1,5-9H,2-3H3. The van der Waals surface area contributed by atoms with Gasteiger partial charge in [-0.15, -0.1) is 0 Å². The minimum Gasteiger partial charge on any atom is -0.408 e. The summed E-state index contributed by atoms with van der Waals surface area (Å²) in [5.74, 6) is 1.25. The second-order valence-electron chi connectivity index (χ2n) is 2.95. The molecule has 0 N–H and O–H groups in total. The molecule has 1 aromatic carbocycles. The van der Waals surface area contributed by atoms with Crippen LogP contribution in [0, 0.1) is 12.5 Å². The maximum absolute atomic E-state index is 5.01. The highest BCUT2D eigenvalue weighted by atomic mass is 16.5. The Hall–Kier alpha value is -1.42. The van der Waals surface area contributed by atoms with Crippen molar-refractivity contribution in [1.82, 2.24) is 0 Å². The minimum absolute atomic E-state index is 0.506. The monoisotopic (exact) mass is 160 g/mol. The first-order valence-corrected chi connectivity index (χ1v) is 3.96. The van der Waals surface area contributed by atoms with E-state index in [0.29, 0.717) is 5.92 Å². The van der Waals surface area contributed by atoms with Crippen LogP contribution in [0.2, 0.25) is 0 Å². The number of hydrogen-bond donors (Lipinski definition) is 0. The minimum atomic E-state index is 0.506. The lowest BCUT2D eigenvalue weighted by atomic mass is 10.0. The molecule has 0 aliphatic heterocycles. The third-order valence-electron chi connectivity index (χ3n) is 1.70. The second kappa shape index (κ2) is 3.82. The van der Waals surface area contributed by atoms with E-state index in [4.69, 9.17) is 11.2 Å². The lowest BCUT2D eigenvalue weighted by Crippen LogP contribution is -1.88. The van der Waals surface area contributed by atoms with Crippen LogP contribution in [0.3, 0.4) is 0 Å². The number of ether oxygens (including phenoxy) is 1. The zero-order chi connectivity index (χ0) is 8.97. The van der Waals surface area contributed by atoms with E-state index in [1.165, 1.54) is 5.56 Å². The number of hydrogen-bond acceptors (Lipinski definition) is 1. The molecule has 0 aliphatic rings. The molecule has 1 aromatic rings. The number of terminal acetylenes is 1. The van der Waals surface area contributed by atoms with E-state index in [2.05, 4.69) is 26.0 Å². The first-order chi connectivity index (χ1) is 5.74. The molecule has 1 rings (SSSR count). The molecule has 1 heteroatoms. The van der Waals surface area contributed by atoms with Crippen LogP contribution in [0.5, 0.6) is 5.75 Å². The van der Waals surface area contributed by atoms with E-state index in [1.54, 1.807) is 0 Å². The van der Waals surface area contributed by atoms with Crippen LogP contribution in [0.4, 0.5) is 0 Å². The Kier molecular flexibility index (Phi) is 2.76. The highest BCUT2D eigenvalue weighted by molar-refractivity contribution is 5.31. The molecular weight excluding hydrogens is 148 g/mol. The number of benzene rings is 1. The highest BCUT2D eigenvalue weighted by Gasteiger charge is 1.99. The van der Waals surface area contributed by atoms with Gasteiger partial charge in [0.25, 0.3) is 0 Å². The van der Waals surface area contributed by atoms with Crippen LogP contribution < -0.4 is 4.74 Å². The van der Waals surface area contributed by atoms with Crippen LogP contribution in [0.1, 0.15) is 25.3 Å². The molecule has 0 aliphatic carbocycles.